The minimum atomic E-state index is -4.41. The summed E-state index contributed by atoms with van der Waals surface area (Å²) >= 11 is 0. The highest BCUT2D eigenvalue weighted by atomic mass is 32.3. The molecule has 0 bridgehead atoms. The van der Waals surface area contributed by atoms with Crippen LogP contribution in [0.15, 0.2) is 55.6 Å². The molecule has 0 saturated heterocycles. The summed E-state index contributed by atoms with van der Waals surface area (Å²) in [6.45, 7) is 14.1. The van der Waals surface area contributed by atoms with Crippen LogP contribution in [0.4, 0.5) is 0 Å². The Kier molecular flexibility index (Phi) is 9.60. The van der Waals surface area contributed by atoms with E-state index in [0.29, 0.717) is 0 Å². The van der Waals surface area contributed by atoms with E-state index in [1.807, 2.05) is 12.2 Å². The Morgan fingerprint density at radius 2 is 1.64 bits per heavy atom. The Labute approximate surface area is 134 Å². The fraction of sp³-hybridized carbons (Fsp3) is 0.375. The van der Waals surface area contributed by atoms with E-state index in [0.717, 1.165) is 37.8 Å². The first-order valence-corrected chi connectivity index (χ1v) is 8.28. The molecule has 6 heteroatoms. The van der Waals surface area contributed by atoms with E-state index in [9.17, 15) is 13.0 Å². The molecule has 0 N–H and O–H groups in total. The van der Waals surface area contributed by atoms with Gasteiger partial charge in [0.1, 0.15) is 6.54 Å². The normalized spacial score (nSPS) is 11.2. The topological polar surface area (TPSA) is 66.4 Å². The van der Waals surface area contributed by atoms with Crippen molar-refractivity contribution in [1.82, 2.24) is 0 Å². The molecular weight excluding hydrogens is 302 g/mol. The van der Waals surface area contributed by atoms with Crippen molar-refractivity contribution in [2.45, 2.75) is 13.5 Å². The van der Waals surface area contributed by atoms with Crippen LogP contribution in [-0.2, 0) is 21.1 Å². The first-order chi connectivity index (χ1) is 10.3. The molecule has 0 aliphatic heterocycles. The van der Waals surface area contributed by atoms with E-state index in [4.69, 9.17) is 0 Å². The molecule has 0 radical (unpaired) electrons. The van der Waals surface area contributed by atoms with Gasteiger partial charge in [-0.2, -0.15) is 0 Å². The lowest BCUT2D eigenvalue weighted by molar-refractivity contribution is -0.928. The monoisotopic (exact) mass is 327 g/mol. The molecule has 0 saturated carbocycles. The Bertz CT molecular complexity index is 531. The van der Waals surface area contributed by atoms with Crippen LogP contribution in [0.5, 0.6) is 0 Å². The summed E-state index contributed by atoms with van der Waals surface area (Å²) in [6.07, 6.45) is 4.02. The number of likely N-dealkylation sites (N-methyl/N-ethyl adjacent to an activating group) is 1. The quantitative estimate of drug-likeness (QED) is 0.318. The standard InChI is InChI=1S/C15H22N.CH4O4S/c1-4-12-16(6-3,13-5-2)14-15-10-8-7-9-11-15;1-5-6(2,3)4/h4-5,7-11H,1-2,6,12-14H2,3H3;1H3,(H,2,3,4)/q+1;/p-1. The fourth-order valence-electron chi connectivity index (χ4n) is 2.09. The van der Waals surface area contributed by atoms with Gasteiger partial charge in [-0.25, -0.2) is 8.42 Å². The SMILES string of the molecule is C=CC[N+](CC)(CC=C)Cc1ccccc1.COS(=O)(=O)[O-]. The molecule has 22 heavy (non-hydrogen) atoms. The van der Waals surface area contributed by atoms with Crippen LogP contribution >= 0.6 is 0 Å². The number of hydrogen-bond donors (Lipinski definition) is 0. The molecular formula is C16H25NO4S. The largest absolute Gasteiger partial charge is 0.726 e. The maximum Gasteiger partial charge on any atom is 0.217 e. The van der Waals surface area contributed by atoms with E-state index in [-0.39, 0.29) is 0 Å². The van der Waals surface area contributed by atoms with Crippen molar-refractivity contribution in [3.05, 3.63) is 61.2 Å². The molecule has 1 rings (SSSR count). The van der Waals surface area contributed by atoms with Gasteiger partial charge in [0.25, 0.3) is 0 Å². The molecule has 0 heterocycles. The second-order valence-corrected chi connectivity index (χ2v) is 5.97. The molecule has 0 unspecified atom stereocenters. The Hall–Kier alpha value is -1.47. The zero-order valence-corrected chi connectivity index (χ0v) is 14.1. The molecule has 0 aliphatic rings. The van der Waals surface area contributed by atoms with Gasteiger partial charge in [0.05, 0.1) is 26.7 Å². The van der Waals surface area contributed by atoms with E-state index in [2.05, 4.69) is 54.6 Å². The molecule has 0 atom stereocenters. The minimum Gasteiger partial charge on any atom is -0.726 e. The van der Waals surface area contributed by atoms with Crippen molar-refractivity contribution in [2.75, 3.05) is 26.7 Å². The molecule has 0 aromatic heterocycles. The molecule has 0 spiro atoms. The fourth-order valence-corrected chi connectivity index (χ4v) is 2.09. The lowest BCUT2D eigenvalue weighted by Gasteiger charge is -2.36. The van der Waals surface area contributed by atoms with Crippen LogP contribution in [0.25, 0.3) is 0 Å². The zero-order chi connectivity index (χ0) is 17.1. The first kappa shape index (κ1) is 20.5. The highest BCUT2D eigenvalue weighted by Crippen LogP contribution is 2.14. The summed E-state index contributed by atoms with van der Waals surface area (Å²) < 4.78 is 32.0. The predicted octanol–water partition coefficient (Wildman–Crippen LogP) is 2.49. The number of nitrogens with zero attached hydrogens (tertiary/aromatic N) is 1. The Morgan fingerprint density at radius 3 is 1.95 bits per heavy atom. The summed E-state index contributed by atoms with van der Waals surface area (Å²) in [5.74, 6) is 0. The zero-order valence-electron chi connectivity index (χ0n) is 13.3. The molecule has 1 aromatic rings. The Morgan fingerprint density at radius 1 is 1.18 bits per heavy atom. The molecule has 0 amide bonds. The summed E-state index contributed by atoms with van der Waals surface area (Å²) in [5.41, 5.74) is 1.38. The van der Waals surface area contributed by atoms with E-state index >= 15 is 0 Å². The van der Waals surface area contributed by atoms with Crippen molar-refractivity contribution < 1.29 is 21.6 Å². The van der Waals surface area contributed by atoms with E-state index in [1.54, 1.807) is 0 Å². The minimum absolute atomic E-state index is 0.808. The third-order valence-corrected chi connectivity index (χ3v) is 3.68. The van der Waals surface area contributed by atoms with Crippen molar-refractivity contribution in [1.29, 1.82) is 0 Å². The molecule has 124 valence electrons. The number of benzene rings is 1. The number of quaternary nitrogens is 1. The smallest absolute Gasteiger partial charge is 0.217 e. The van der Waals surface area contributed by atoms with Gasteiger partial charge < -0.3 is 9.04 Å². The predicted molar refractivity (Wildman–Crippen MR) is 87.8 cm³/mol. The second kappa shape index (κ2) is 10.3. The molecule has 0 fully saturated rings. The lowest BCUT2D eigenvalue weighted by atomic mass is 10.1. The number of rotatable bonds is 8. The van der Waals surface area contributed by atoms with Gasteiger partial charge in [0.15, 0.2) is 0 Å². The summed E-state index contributed by atoms with van der Waals surface area (Å²) in [5, 5.41) is 0. The highest BCUT2D eigenvalue weighted by Gasteiger charge is 2.22. The summed E-state index contributed by atoms with van der Waals surface area (Å²) in [6, 6.07) is 10.6. The van der Waals surface area contributed by atoms with Gasteiger partial charge in [-0.05, 0) is 19.1 Å². The van der Waals surface area contributed by atoms with Crippen molar-refractivity contribution >= 4 is 10.4 Å². The van der Waals surface area contributed by atoms with Gasteiger partial charge in [-0.1, -0.05) is 43.5 Å². The van der Waals surface area contributed by atoms with Crippen molar-refractivity contribution in [2.24, 2.45) is 0 Å². The summed E-state index contributed by atoms with van der Waals surface area (Å²) in [7, 11) is -3.60. The third kappa shape index (κ3) is 8.74. The van der Waals surface area contributed by atoms with Crippen molar-refractivity contribution in [3.8, 4) is 0 Å². The van der Waals surface area contributed by atoms with E-state index < -0.39 is 10.4 Å². The second-order valence-electron chi connectivity index (χ2n) is 4.82. The lowest BCUT2D eigenvalue weighted by Crippen LogP contribution is -2.47. The Balaban J connectivity index is 0.000000626. The average Bonchev–Trinajstić information content (AvgIpc) is 2.48. The third-order valence-electron chi connectivity index (χ3n) is 3.27. The van der Waals surface area contributed by atoms with Gasteiger partial charge in [0, 0.05) is 5.56 Å². The average molecular weight is 327 g/mol. The van der Waals surface area contributed by atoms with Crippen LogP contribution in [0.2, 0.25) is 0 Å². The maximum absolute atomic E-state index is 9.22. The van der Waals surface area contributed by atoms with Gasteiger partial charge in [-0.3, -0.25) is 4.18 Å². The highest BCUT2D eigenvalue weighted by molar-refractivity contribution is 7.80. The van der Waals surface area contributed by atoms with Gasteiger partial charge in [0.2, 0.25) is 10.4 Å². The molecule has 0 aliphatic carbocycles. The van der Waals surface area contributed by atoms with E-state index in [1.165, 1.54) is 5.56 Å². The summed E-state index contributed by atoms with van der Waals surface area (Å²) in [4.78, 5) is 0. The van der Waals surface area contributed by atoms with Crippen LogP contribution in [0, 0.1) is 0 Å². The number of hydrogen-bond acceptors (Lipinski definition) is 4. The van der Waals surface area contributed by atoms with Crippen LogP contribution in [0.1, 0.15) is 12.5 Å². The van der Waals surface area contributed by atoms with Gasteiger partial charge in [-0.15, -0.1) is 0 Å². The molecule has 1 aromatic carbocycles. The van der Waals surface area contributed by atoms with Crippen LogP contribution in [-0.4, -0.2) is 44.2 Å². The van der Waals surface area contributed by atoms with Gasteiger partial charge >= 0.3 is 0 Å². The van der Waals surface area contributed by atoms with Crippen LogP contribution in [0.3, 0.4) is 0 Å². The van der Waals surface area contributed by atoms with Crippen LogP contribution < -0.4 is 0 Å². The maximum atomic E-state index is 9.22. The molecule has 5 nitrogen and oxygen atoms in total. The van der Waals surface area contributed by atoms with Crippen molar-refractivity contribution in [3.63, 3.8) is 0 Å². The first-order valence-electron chi connectivity index (χ1n) is 6.94.